The SMILES string of the molecule is CCC(CCl)Nc1nccc(C(F)(F)F)n1. The van der Waals surface area contributed by atoms with Crippen LogP contribution in [-0.4, -0.2) is 21.9 Å². The van der Waals surface area contributed by atoms with Gasteiger partial charge in [0.05, 0.1) is 0 Å². The molecular formula is C9H11ClF3N3. The van der Waals surface area contributed by atoms with Gasteiger partial charge in [0.15, 0.2) is 0 Å². The summed E-state index contributed by atoms with van der Waals surface area (Å²) in [6.45, 7) is 1.87. The quantitative estimate of drug-likeness (QED) is 0.839. The lowest BCUT2D eigenvalue weighted by Crippen LogP contribution is -2.22. The number of hydrogen-bond acceptors (Lipinski definition) is 3. The first kappa shape index (κ1) is 13.0. The average Bonchev–Trinajstić information content (AvgIpc) is 2.25. The minimum atomic E-state index is -4.46. The Morgan fingerprint density at radius 3 is 2.69 bits per heavy atom. The van der Waals surface area contributed by atoms with Crippen LogP contribution in [0.25, 0.3) is 0 Å². The molecule has 1 aromatic heterocycles. The van der Waals surface area contributed by atoms with Gasteiger partial charge in [-0.3, -0.25) is 0 Å². The molecule has 0 radical (unpaired) electrons. The van der Waals surface area contributed by atoms with E-state index < -0.39 is 11.9 Å². The Hall–Kier alpha value is -1.04. The molecule has 0 aliphatic heterocycles. The first-order chi connectivity index (χ1) is 7.47. The molecule has 1 heterocycles. The molecule has 90 valence electrons. The summed E-state index contributed by atoms with van der Waals surface area (Å²) in [4.78, 5) is 7.08. The second-order valence-corrected chi connectivity index (χ2v) is 3.48. The van der Waals surface area contributed by atoms with Crippen LogP contribution in [0.1, 0.15) is 19.0 Å². The molecule has 0 aliphatic rings. The predicted octanol–water partition coefficient (Wildman–Crippen LogP) is 2.92. The van der Waals surface area contributed by atoms with Gasteiger partial charge < -0.3 is 5.32 Å². The van der Waals surface area contributed by atoms with Crippen LogP contribution in [0, 0.1) is 0 Å². The molecule has 1 unspecified atom stereocenters. The highest BCUT2D eigenvalue weighted by molar-refractivity contribution is 6.18. The van der Waals surface area contributed by atoms with Crippen molar-refractivity contribution in [3.63, 3.8) is 0 Å². The fourth-order valence-corrected chi connectivity index (χ4v) is 1.31. The molecule has 1 N–H and O–H groups in total. The van der Waals surface area contributed by atoms with Crippen molar-refractivity contribution in [1.82, 2.24) is 9.97 Å². The van der Waals surface area contributed by atoms with E-state index in [0.717, 1.165) is 12.3 Å². The van der Waals surface area contributed by atoms with Crippen molar-refractivity contribution >= 4 is 17.5 Å². The first-order valence-electron chi connectivity index (χ1n) is 4.70. The molecule has 16 heavy (non-hydrogen) atoms. The topological polar surface area (TPSA) is 37.8 Å². The van der Waals surface area contributed by atoms with Gasteiger partial charge in [-0.05, 0) is 12.5 Å². The molecule has 0 fully saturated rings. The third kappa shape index (κ3) is 3.52. The molecule has 0 aromatic carbocycles. The second-order valence-electron chi connectivity index (χ2n) is 3.17. The summed E-state index contributed by atoms with van der Waals surface area (Å²) in [5.41, 5.74) is -0.963. The molecule has 1 aromatic rings. The van der Waals surface area contributed by atoms with Crippen LogP contribution in [0.3, 0.4) is 0 Å². The van der Waals surface area contributed by atoms with Crippen LogP contribution >= 0.6 is 11.6 Å². The molecule has 0 saturated heterocycles. The number of nitrogens with one attached hydrogen (secondary N) is 1. The van der Waals surface area contributed by atoms with Gasteiger partial charge >= 0.3 is 6.18 Å². The lowest BCUT2D eigenvalue weighted by Gasteiger charge is -2.14. The number of aromatic nitrogens is 2. The Balaban J connectivity index is 2.82. The monoisotopic (exact) mass is 253 g/mol. The second kappa shape index (κ2) is 5.34. The van der Waals surface area contributed by atoms with Crippen molar-refractivity contribution < 1.29 is 13.2 Å². The summed E-state index contributed by atoms with van der Waals surface area (Å²) in [5, 5.41) is 2.74. The number of alkyl halides is 4. The van der Waals surface area contributed by atoms with Crippen LogP contribution in [0.5, 0.6) is 0 Å². The Kier molecular flexibility index (Phi) is 4.35. The lowest BCUT2D eigenvalue weighted by atomic mass is 10.3. The molecule has 7 heteroatoms. The molecule has 3 nitrogen and oxygen atoms in total. The maximum absolute atomic E-state index is 12.3. The standard InChI is InChI=1S/C9H11ClF3N3/c1-2-6(5-10)15-8-14-4-3-7(16-8)9(11,12)13/h3-4,6H,2,5H2,1H3,(H,14,15,16). The lowest BCUT2D eigenvalue weighted by molar-refractivity contribution is -0.141. The minimum absolute atomic E-state index is 0.0534. The Bertz CT molecular complexity index is 339. The van der Waals surface area contributed by atoms with E-state index in [9.17, 15) is 13.2 Å². The number of nitrogens with zero attached hydrogens (tertiary/aromatic N) is 2. The van der Waals surface area contributed by atoms with Gasteiger partial charge in [-0.1, -0.05) is 6.92 Å². The molecule has 1 rings (SSSR count). The molecular weight excluding hydrogens is 243 g/mol. The van der Waals surface area contributed by atoms with Crippen LogP contribution in [0.2, 0.25) is 0 Å². The van der Waals surface area contributed by atoms with Crippen molar-refractivity contribution in [3.8, 4) is 0 Å². The summed E-state index contributed by atoms with van der Waals surface area (Å²) < 4.78 is 37.0. The van der Waals surface area contributed by atoms with Gasteiger partial charge in [-0.25, -0.2) is 9.97 Å². The van der Waals surface area contributed by atoms with Gasteiger partial charge in [0.2, 0.25) is 5.95 Å². The van der Waals surface area contributed by atoms with Crippen molar-refractivity contribution in [2.75, 3.05) is 11.2 Å². The summed E-state index contributed by atoms with van der Waals surface area (Å²) in [5.74, 6) is 0.234. The summed E-state index contributed by atoms with van der Waals surface area (Å²) in [6.07, 6.45) is -2.70. The van der Waals surface area contributed by atoms with Crippen LogP contribution < -0.4 is 5.32 Å². The highest BCUT2D eigenvalue weighted by Gasteiger charge is 2.32. The molecule has 0 saturated carbocycles. The van der Waals surface area contributed by atoms with Gasteiger partial charge in [-0.2, -0.15) is 13.2 Å². The van der Waals surface area contributed by atoms with Crippen molar-refractivity contribution in [3.05, 3.63) is 18.0 Å². The molecule has 1 atom stereocenters. The van der Waals surface area contributed by atoms with Crippen molar-refractivity contribution in [2.45, 2.75) is 25.6 Å². The van der Waals surface area contributed by atoms with E-state index >= 15 is 0 Å². The van der Waals surface area contributed by atoms with E-state index in [1.807, 2.05) is 6.92 Å². The van der Waals surface area contributed by atoms with Crippen LogP contribution in [0.4, 0.5) is 19.1 Å². The number of rotatable bonds is 4. The Morgan fingerprint density at radius 1 is 1.50 bits per heavy atom. The van der Waals surface area contributed by atoms with E-state index in [2.05, 4.69) is 15.3 Å². The van der Waals surface area contributed by atoms with E-state index in [0.29, 0.717) is 6.42 Å². The van der Waals surface area contributed by atoms with Gasteiger partial charge in [-0.15, -0.1) is 11.6 Å². The Morgan fingerprint density at radius 2 is 2.19 bits per heavy atom. The van der Waals surface area contributed by atoms with Crippen LogP contribution in [0.15, 0.2) is 12.3 Å². The van der Waals surface area contributed by atoms with E-state index in [1.54, 1.807) is 0 Å². The molecule has 0 bridgehead atoms. The fourth-order valence-electron chi connectivity index (χ4n) is 1.02. The zero-order valence-electron chi connectivity index (χ0n) is 8.55. The maximum atomic E-state index is 12.3. The maximum Gasteiger partial charge on any atom is 0.433 e. The summed E-state index contributed by atoms with van der Waals surface area (Å²) in [7, 11) is 0. The summed E-state index contributed by atoms with van der Waals surface area (Å²) >= 11 is 5.61. The molecule has 0 aliphatic carbocycles. The average molecular weight is 254 g/mol. The fraction of sp³-hybridized carbons (Fsp3) is 0.556. The van der Waals surface area contributed by atoms with Gasteiger partial charge in [0.25, 0.3) is 0 Å². The van der Waals surface area contributed by atoms with E-state index in [4.69, 9.17) is 11.6 Å². The van der Waals surface area contributed by atoms with E-state index in [1.165, 1.54) is 0 Å². The highest BCUT2D eigenvalue weighted by Crippen LogP contribution is 2.27. The third-order valence-corrected chi connectivity index (χ3v) is 2.33. The van der Waals surface area contributed by atoms with Gasteiger partial charge in [0, 0.05) is 18.1 Å². The Labute approximate surface area is 96.0 Å². The number of anilines is 1. The number of hydrogen-bond donors (Lipinski definition) is 1. The van der Waals surface area contributed by atoms with Crippen molar-refractivity contribution in [1.29, 1.82) is 0 Å². The van der Waals surface area contributed by atoms with Gasteiger partial charge in [0.1, 0.15) is 5.69 Å². The smallest absolute Gasteiger partial charge is 0.350 e. The third-order valence-electron chi connectivity index (χ3n) is 1.96. The molecule has 0 amide bonds. The largest absolute Gasteiger partial charge is 0.433 e. The van der Waals surface area contributed by atoms with E-state index in [-0.39, 0.29) is 17.9 Å². The predicted molar refractivity (Wildman–Crippen MR) is 55.5 cm³/mol. The minimum Gasteiger partial charge on any atom is -0.350 e. The van der Waals surface area contributed by atoms with Crippen molar-refractivity contribution in [2.24, 2.45) is 0 Å². The molecule has 0 spiro atoms. The van der Waals surface area contributed by atoms with Crippen LogP contribution in [-0.2, 0) is 6.18 Å². The zero-order valence-corrected chi connectivity index (χ0v) is 9.31. The first-order valence-corrected chi connectivity index (χ1v) is 5.23. The zero-order chi connectivity index (χ0) is 12.2. The number of halogens is 4. The highest BCUT2D eigenvalue weighted by atomic mass is 35.5. The normalized spacial score (nSPS) is 13.6. The summed E-state index contributed by atoms with van der Waals surface area (Å²) in [6, 6.07) is 0.692.